The van der Waals surface area contributed by atoms with Crippen LogP contribution in [-0.4, -0.2) is 16.1 Å². The standard InChI is InChI=1S/C9H9NO3/c1-4-5(2)13-7-3-6(9(11)12)10-8(4)7/h3,10H,1-2H3,(H,11,12). The fourth-order valence-electron chi connectivity index (χ4n) is 1.33. The maximum absolute atomic E-state index is 10.6. The van der Waals surface area contributed by atoms with Gasteiger partial charge in [-0.1, -0.05) is 0 Å². The van der Waals surface area contributed by atoms with Gasteiger partial charge < -0.3 is 14.5 Å². The fourth-order valence-corrected chi connectivity index (χ4v) is 1.33. The predicted molar refractivity (Wildman–Crippen MR) is 47.0 cm³/mol. The average molecular weight is 179 g/mol. The fraction of sp³-hybridized carbons (Fsp3) is 0.222. The van der Waals surface area contributed by atoms with Crippen molar-refractivity contribution in [3.63, 3.8) is 0 Å². The van der Waals surface area contributed by atoms with E-state index in [1.807, 2.05) is 13.8 Å². The van der Waals surface area contributed by atoms with Crippen LogP contribution in [0.25, 0.3) is 11.1 Å². The van der Waals surface area contributed by atoms with Crippen LogP contribution in [0.2, 0.25) is 0 Å². The molecule has 0 fully saturated rings. The summed E-state index contributed by atoms with van der Waals surface area (Å²) in [6, 6.07) is 1.50. The van der Waals surface area contributed by atoms with Crippen LogP contribution in [0.4, 0.5) is 0 Å². The number of fused-ring (bicyclic) bond motifs is 1. The highest BCUT2D eigenvalue weighted by Gasteiger charge is 2.13. The third-order valence-electron chi connectivity index (χ3n) is 2.18. The highest BCUT2D eigenvalue weighted by Crippen LogP contribution is 2.24. The lowest BCUT2D eigenvalue weighted by Crippen LogP contribution is -1.95. The van der Waals surface area contributed by atoms with Gasteiger partial charge in [0.05, 0.1) is 5.52 Å². The van der Waals surface area contributed by atoms with Crippen LogP contribution in [-0.2, 0) is 0 Å². The quantitative estimate of drug-likeness (QED) is 0.704. The Hall–Kier alpha value is -1.71. The van der Waals surface area contributed by atoms with Crippen molar-refractivity contribution in [2.75, 3.05) is 0 Å². The number of furan rings is 1. The second-order valence-electron chi connectivity index (χ2n) is 3.01. The second kappa shape index (κ2) is 2.39. The van der Waals surface area contributed by atoms with Crippen molar-refractivity contribution < 1.29 is 14.3 Å². The highest BCUT2D eigenvalue weighted by atomic mass is 16.4. The minimum atomic E-state index is -0.969. The Morgan fingerprint density at radius 2 is 2.23 bits per heavy atom. The molecule has 4 heteroatoms. The molecule has 2 heterocycles. The van der Waals surface area contributed by atoms with Crippen LogP contribution in [0.15, 0.2) is 10.5 Å². The number of aromatic carboxylic acids is 1. The largest absolute Gasteiger partial charge is 0.477 e. The number of aromatic nitrogens is 1. The summed E-state index contributed by atoms with van der Waals surface area (Å²) in [5.74, 6) is -0.151. The second-order valence-corrected chi connectivity index (χ2v) is 3.01. The molecule has 4 nitrogen and oxygen atoms in total. The maximum Gasteiger partial charge on any atom is 0.352 e. The van der Waals surface area contributed by atoms with E-state index in [1.54, 1.807) is 0 Å². The van der Waals surface area contributed by atoms with E-state index in [0.717, 1.165) is 16.8 Å². The van der Waals surface area contributed by atoms with Crippen LogP contribution in [0.1, 0.15) is 21.8 Å². The van der Waals surface area contributed by atoms with Crippen molar-refractivity contribution in [3.05, 3.63) is 23.1 Å². The van der Waals surface area contributed by atoms with Crippen molar-refractivity contribution >= 4 is 17.1 Å². The third-order valence-corrected chi connectivity index (χ3v) is 2.18. The molecule has 0 saturated heterocycles. The van der Waals surface area contributed by atoms with Crippen molar-refractivity contribution in [1.82, 2.24) is 4.98 Å². The van der Waals surface area contributed by atoms with Crippen LogP contribution >= 0.6 is 0 Å². The molecule has 0 aromatic carbocycles. The van der Waals surface area contributed by atoms with E-state index < -0.39 is 5.97 Å². The van der Waals surface area contributed by atoms with Gasteiger partial charge in [-0.25, -0.2) is 4.79 Å². The summed E-state index contributed by atoms with van der Waals surface area (Å²) < 4.78 is 5.33. The lowest BCUT2D eigenvalue weighted by atomic mass is 10.3. The molecular formula is C9H9NO3. The Balaban J connectivity index is 2.72. The summed E-state index contributed by atoms with van der Waals surface area (Å²) in [6.45, 7) is 3.74. The number of hydrogen-bond acceptors (Lipinski definition) is 2. The normalized spacial score (nSPS) is 10.9. The molecule has 0 bridgehead atoms. The predicted octanol–water partition coefficient (Wildman–Crippen LogP) is 2.08. The first-order chi connectivity index (χ1) is 6.09. The van der Waals surface area contributed by atoms with Gasteiger partial charge in [-0.15, -0.1) is 0 Å². The first-order valence-corrected chi connectivity index (χ1v) is 3.91. The molecule has 0 spiro atoms. The van der Waals surface area contributed by atoms with Crippen molar-refractivity contribution in [1.29, 1.82) is 0 Å². The van der Waals surface area contributed by atoms with E-state index in [0.29, 0.717) is 5.58 Å². The SMILES string of the molecule is Cc1oc2cc(C(=O)O)[nH]c2c1C. The highest BCUT2D eigenvalue weighted by molar-refractivity contribution is 5.93. The number of nitrogens with one attached hydrogen (secondary N) is 1. The summed E-state index contributed by atoms with van der Waals surface area (Å²) >= 11 is 0. The first-order valence-electron chi connectivity index (χ1n) is 3.91. The number of aromatic amines is 1. The van der Waals surface area contributed by atoms with Gasteiger partial charge in [0.15, 0.2) is 5.58 Å². The molecule has 0 atom stereocenters. The molecule has 13 heavy (non-hydrogen) atoms. The number of hydrogen-bond donors (Lipinski definition) is 2. The zero-order chi connectivity index (χ0) is 9.59. The molecule has 0 radical (unpaired) electrons. The maximum atomic E-state index is 10.6. The molecule has 2 rings (SSSR count). The van der Waals surface area contributed by atoms with E-state index in [2.05, 4.69) is 4.98 Å². The zero-order valence-corrected chi connectivity index (χ0v) is 7.34. The van der Waals surface area contributed by atoms with E-state index in [9.17, 15) is 4.79 Å². The number of carboxylic acids is 1. The van der Waals surface area contributed by atoms with Gasteiger partial charge in [-0.05, 0) is 13.8 Å². The van der Waals surface area contributed by atoms with Crippen LogP contribution in [0.5, 0.6) is 0 Å². The van der Waals surface area contributed by atoms with Crippen LogP contribution in [0.3, 0.4) is 0 Å². The molecular weight excluding hydrogens is 170 g/mol. The van der Waals surface area contributed by atoms with Gasteiger partial charge >= 0.3 is 5.97 Å². The molecule has 2 aromatic rings. The Bertz CT molecular complexity index is 478. The number of H-pyrrole nitrogens is 1. The smallest absolute Gasteiger partial charge is 0.352 e. The Labute approximate surface area is 74.2 Å². The Kier molecular flexibility index (Phi) is 1.45. The van der Waals surface area contributed by atoms with Gasteiger partial charge in [-0.3, -0.25) is 0 Å². The van der Waals surface area contributed by atoms with E-state index in [1.165, 1.54) is 6.07 Å². The van der Waals surface area contributed by atoms with Gasteiger partial charge in [0.2, 0.25) is 0 Å². The minimum absolute atomic E-state index is 0.164. The summed E-state index contributed by atoms with van der Waals surface area (Å²) in [7, 11) is 0. The zero-order valence-electron chi connectivity index (χ0n) is 7.34. The topological polar surface area (TPSA) is 66.2 Å². The molecule has 0 amide bonds. The van der Waals surface area contributed by atoms with E-state index >= 15 is 0 Å². The lowest BCUT2D eigenvalue weighted by Gasteiger charge is -1.87. The summed E-state index contributed by atoms with van der Waals surface area (Å²) in [6.07, 6.45) is 0. The average Bonchev–Trinajstić information content (AvgIpc) is 2.55. The Morgan fingerprint density at radius 3 is 2.77 bits per heavy atom. The monoisotopic (exact) mass is 179 g/mol. The van der Waals surface area contributed by atoms with Gasteiger partial charge in [0.1, 0.15) is 11.5 Å². The summed E-state index contributed by atoms with van der Waals surface area (Å²) in [5.41, 5.74) is 2.50. The minimum Gasteiger partial charge on any atom is -0.477 e. The number of aryl methyl sites for hydroxylation is 2. The molecule has 2 N–H and O–H groups in total. The third kappa shape index (κ3) is 1.02. The van der Waals surface area contributed by atoms with Gasteiger partial charge in [-0.2, -0.15) is 0 Å². The van der Waals surface area contributed by atoms with Gasteiger partial charge in [0, 0.05) is 11.6 Å². The Morgan fingerprint density at radius 1 is 1.54 bits per heavy atom. The molecule has 0 aliphatic rings. The molecule has 0 aliphatic heterocycles. The lowest BCUT2D eigenvalue weighted by molar-refractivity contribution is 0.0691. The number of carboxylic acid groups (broad SMARTS) is 1. The first kappa shape index (κ1) is 7.91. The van der Waals surface area contributed by atoms with Crippen molar-refractivity contribution in [3.8, 4) is 0 Å². The van der Waals surface area contributed by atoms with Crippen molar-refractivity contribution in [2.45, 2.75) is 13.8 Å². The molecule has 0 unspecified atom stereocenters. The molecule has 68 valence electrons. The summed E-state index contributed by atoms with van der Waals surface area (Å²) in [4.78, 5) is 13.4. The summed E-state index contributed by atoms with van der Waals surface area (Å²) in [5, 5.41) is 8.69. The molecule has 0 aliphatic carbocycles. The number of carbonyl (C=O) groups is 1. The van der Waals surface area contributed by atoms with Crippen LogP contribution in [0, 0.1) is 13.8 Å². The van der Waals surface area contributed by atoms with E-state index in [4.69, 9.17) is 9.52 Å². The molecule has 0 saturated carbocycles. The van der Waals surface area contributed by atoms with Crippen molar-refractivity contribution in [2.24, 2.45) is 0 Å². The van der Waals surface area contributed by atoms with Crippen LogP contribution < -0.4 is 0 Å². The number of rotatable bonds is 1. The van der Waals surface area contributed by atoms with E-state index in [-0.39, 0.29) is 5.69 Å². The van der Waals surface area contributed by atoms with Gasteiger partial charge in [0.25, 0.3) is 0 Å². The molecule has 2 aromatic heterocycles.